The molecule has 3 heterocycles. The first-order valence-electron chi connectivity index (χ1n) is 9.98. The molecule has 5 heteroatoms. The van der Waals surface area contributed by atoms with Crippen molar-refractivity contribution in [2.75, 3.05) is 39.3 Å². The molecule has 0 atom stereocenters. The first-order valence-corrected chi connectivity index (χ1v) is 9.98. The minimum atomic E-state index is 0.331. The van der Waals surface area contributed by atoms with Crippen LogP contribution in [0.1, 0.15) is 57.8 Å². The molecule has 1 N–H and O–H groups in total. The molecule has 0 saturated carbocycles. The summed E-state index contributed by atoms with van der Waals surface area (Å²) in [6, 6.07) is 0. The van der Waals surface area contributed by atoms with Crippen LogP contribution >= 0.6 is 0 Å². The quantitative estimate of drug-likeness (QED) is 0.836. The molecule has 0 spiro atoms. The normalized spacial score (nSPS) is 23.7. The van der Waals surface area contributed by atoms with Crippen molar-refractivity contribution in [3.05, 3.63) is 0 Å². The van der Waals surface area contributed by atoms with Crippen molar-refractivity contribution < 1.29 is 9.59 Å². The van der Waals surface area contributed by atoms with E-state index in [1.54, 1.807) is 0 Å². The zero-order chi connectivity index (χ0) is 16.8. The second-order valence-corrected chi connectivity index (χ2v) is 7.85. The Hall–Kier alpha value is -1.10. The van der Waals surface area contributed by atoms with Crippen LogP contribution in [0.15, 0.2) is 0 Å². The van der Waals surface area contributed by atoms with E-state index in [2.05, 4.69) is 5.32 Å². The Balaban J connectivity index is 1.33. The Kier molecular flexibility index (Phi) is 6.52. The van der Waals surface area contributed by atoms with Gasteiger partial charge in [-0.1, -0.05) is 0 Å². The molecule has 0 aromatic rings. The molecule has 3 fully saturated rings. The Morgan fingerprint density at radius 2 is 1.42 bits per heavy atom. The third-order valence-electron chi connectivity index (χ3n) is 6.11. The summed E-state index contributed by atoms with van der Waals surface area (Å²) in [6.07, 6.45) is 9.21. The van der Waals surface area contributed by atoms with Gasteiger partial charge in [-0.15, -0.1) is 0 Å². The van der Waals surface area contributed by atoms with Gasteiger partial charge in [-0.05, 0) is 69.9 Å². The van der Waals surface area contributed by atoms with Crippen molar-refractivity contribution >= 4 is 11.8 Å². The predicted octanol–water partition coefficient (Wildman–Crippen LogP) is 2.02. The highest BCUT2D eigenvalue weighted by Gasteiger charge is 2.27. The maximum atomic E-state index is 12.4. The number of nitrogens with one attached hydrogen (secondary N) is 1. The Labute approximate surface area is 146 Å². The fourth-order valence-electron chi connectivity index (χ4n) is 4.39. The van der Waals surface area contributed by atoms with Crippen LogP contribution < -0.4 is 5.32 Å². The lowest BCUT2D eigenvalue weighted by Gasteiger charge is -2.33. The van der Waals surface area contributed by atoms with E-state index in [9.17, 15) is 9.59 Å². The molecular weight excluding hydrogens is 302 g/mol. The van der Waals surface area contributed by atoms with Crippen LogP contribution in [0.3, 0.4) is 0 Å². The monoisotopic (exact) mass is 335 g/mol. The third-order valence-corrected chi connectivity index (χ3v) is 6.11. The number of rotatable bonds is 5. The lowest BCUT2D eigenvalue weighted by atomic mass is 9.91. The molecule has 3 rings (SSSR count). The number of carbonyl (C=O) groups excluding carboxylic acids is 2. The molecule has 24 heavy (non-hydrogen) atoms. The largest absolute Gasteiger partial charge is 0.343 e. The summed E-state index contributed by atoms with van der Waals surface area (Å²) < 4.78 is 0. The van der Waals surface area contributed by atoms with Gasteiger partial charge in [-0.2, -0.15) is 0 Å². The topological polar surface area (TPSA) is 52.7 Å². The average molecular weight is 335 g/mol. The van der Waals surface area contributed by atoms with Gasteiger partial charge >= 0.3 is 0 Å². The molecule has 3 saturated heterocycles. The molecule has 0 aromatic heterocycles. The number of carbonyl (C=O) groups is 2. The zero-order valence-corrected chi connectivity index (χ0v) is 15.0. The van der Waals surface area contributed by atoms with Crippen LogP contribution in [0, 0.1) is 11.8 Å². The molecule has 0 radical (unpaired) electrons. The van der Waals surface area contributed by atoms with E-state index in [-0.39, 0.29) is 0 Å². The summed E-state index contributed by atoms with van der Waals surface area (Å²) >= 11 is 0. The fourth-order valence-corrected chi connectivity index (χ4v) is 4.39. The molecule has 2 amide bonds. The number of hydrogen-bond acceptors (Lipinski definition) is 3. The van der Waals surface area contributed by atoms with Crippen molar-refractivity contribution in [2.45, 2.75) is 57.8 Å². The van der Waals surface area contributed by atoms with Gasteiger partial charge in [0.1, 0.15) is 0 Å². The number of amides is 2. The van der Waals surface area contributed by atoms with Crippen molar-refractivity contribution in [1.82, 2.24) is 15.1 Å². The molecule has 3 aliphatic heterocycles. The number of likely N-dealkylation sites (tertiary alicyclic amines) is 2. The van der Waals surface area contributed by atoms with Gasteiger partial charge < -0.3 is 15.1 Å². The Bertz CT molecular complexity index is 420. The standard InChI is InChI=1S/C19H33N3O2/c23-18(4-3-16-5-9-20-10-6-16)22-13-7-17(8-14-22)15-19(24)21-11-1-2-12-21/h16-17,20H,1-15H2. The van der Waals surface area contributed by atoms with Crippen molar-refractivity contribution in [1.29, 1.82) is 0 Å². The first kappa shape index (κ1) is 17.7. The van der Waals surface area contributed by atoms with E-state index in [1.807, 2.05) is 9.80 Å². The van der Waals surface area contributed by atoms with Gasteiger partial charge in [0.15, 0.2) is 0 Å². The summed E-state index contributed by atoms with van der Waals surface area (Å²) in [4.78, 5) is 28.7. The minimum absolute atomic E-state index is 0.331. The fraction of sp³-hybridized carbons (Fsp3) is 0.895. The van der Waals surface area contributed by atoms with Crippen LogP contribution in [0.25, 0.3) is 0 Å². The van der Waals surface area contributed by atoms with Crippen molar-refractivity contribution in [3.63, 3.8) is 0 Å². The number of hydrogen-bond donors (Lipinski definition) is 1. The van der Waals surface area contributed by atoms with E-state index in [4.69, 9.17) is 0 Å². The molecule has 5 nitrogen and oxygen atoms in total. The van der Waals surface area contributed by atoms with Gasteiger partial charge in [-0.3, -0.25) is 9.59 Å². The second-order valence-electron chi connectivity index (χ2n) is 7.85. The molecule has 3 aliphatic rings. The van der Waals surface area contributed by atoms with Crippen LogP contribution in [-0.4, -0.2) is 60.9 Å². The maximum absolute atomic E-state index is 12.4. The predicted molar refractivity (Wildman–Crippen MR) is 94.6 cm³/mol. The summed E-state index contributed by atoms with van der Waals surface area (Å²) in [5.41, 5.74) is 0. The van der Waals surface area contributed by atoms with E-state index < -0.39 is 0 Å². The first-order chi connectivity index (χ1) is 11.7. The molecule has 0 aromatic carbocycles. The van der Waals surface area contributed by atoms with Crippen LogP contribution in [0.5, 0.6) is 0 Å². The van der Waals surface area contributed by atoms with Gasteiger partial charge in [0.05, 0.1) is 0 Å². The molecular formula is C19H33N3O2. The van der Waals surface area contributed by atoms with Crippen LogP contribution in [0.4, 0.5) is 0 Å². The molecule has 0 bridgehead atoms. The van der Waals surface area contributed by atoms with Crippen molar-refractivity contribution in [3.8, 4) is 0 Å². The van der Waals surface area contributed by atoms with E-state index in [1.165, 1.54) is 12.8 Å². The van der Waals surface area contributed by atoms with Gasteiger partial charge in [0.2, 0.25) is 11.8 Å². The third kappa shape index (κ3) is 4.95. The van der Waals surface area contributed by atoms with Gasteiger partial charge in [0, 0.05) is 39.0 Å². The minimum Gasteiger partial charge on any atom is -0.343 e. The van der Waals surface area contributed by atoms with Crippen LogP contribution in [0.2, 0.25) is 0 Å². The van der Waals surface area contributed by atoms with E-state index >= 15 is 0 Å². The highest BCUT2D eigenvalue weighted by atomic mass is 16.2. The highest BCUT2D eigenvalue weighted by molar-refractivity contribution is 5.77. The Morgan fingerprint density at radius 1 is 0.792 bits per heavy atom. The SMILES string of the molecule is O=C(CCC1CCNCC1)N1CCC(CC(=O)N2CCCC2)CC1. The Morgan fingerprint density at radius 3 is 2.08 bits per heavy atom. The van der Waals surface area contributed by atoms with Gasteiger partial charge in [0.25, 0.3) is 0 Å². The van der Waals surface area contributed by atoms with E-state index in [0.717, 1.165) is 77.3 Å². The smallest absolute Gasteiger partial charge is 0.222 e. The molecule has 136 valence electrons. The number of piperidine rings is 2. The maximum Gasteiger partial charge on any atom is 0.222 e. The van der Waals surface area contributed by atoms with Crippen LogP contribution in [-0.2, 0) is 9.59 Å². The highest BCUT2D eigenvalue weighted by Crippen LogP contribution is 2.24. The zero-order valence-electron chi connectivity index (χ0n) is 15.0. The van der Waals surface area contributed by atoms with E-state index in [0.29, 0.717) is 30.6 Å². The lowest BCUT2D eigenvalue weighted by molar-refractivity contribution is -0.134. The number of nitrogens with zero attached hydrogens (tertiary/aromatic N) is 2. The summed E-state index contributed by atoms with van der Waals surface area (Å²) in [5.74, 6) is 1.87. The average Bonchev–Trinajstić information content (AvgIpc) is 3.16. The molecule has 0 unspecified atom stereocenters. The molecule has 0 aliphatic carbocycles. The summed E-state index contributed by atoms with van der Waals surface area (Å²) in [5, 5.41) is 3.38. The summed E-state index contributed by atoms with van der Waals surface area (Å²) in [7, 11) is 0. The second kappa shape index (κ2) is 8.84. The van der Waals surface area contributed by atoms with Gasteiger partial charge in [-0.25, -0.2) is 0 Å². The lowest BCUT2D eigenvalue weighted by Crippen LogP contribution is -2.40. The van der Waals surface area contributed by atoms with Crippen molar-refractivity contribution in [2.24, 2.45) is 11.8 Å². The summed E-state index contributed by atoms with van der Waals surface area (Å²) in [6.45, 7) is 5.82.